The highest BCUT2D eigenvalue weighted by atomic mass is 32.2. The summed E-state index contributed by atoms with van der Waals surface area (Å²) >= 11 is 0. The second-order valence-corrected chi connectivity index (χ2v) is 7.23. The number of rotatable bonds is 7. The van der Waals surface area contributed by atoms with E-state index in [4.69, 9.17) is 0 Å². The van der Waals surface area contributed by atoms with Gasteiger partial charge in [-0.05, 0) is 25.0 Å². The summed E-state index contributed by atoms with van der Waals surface area (Å²) in [5, 5.41) is 0. The van der Waals surface area contributed by atoms with E-state index in [2.05, 4.69) is 9.71 Å². The summed E-state index contributed by atoms with van der Waals surface area (Å²) in [7, 11) is -3.26. The number of para-hydroxylation sites is 2. The van der Waals surface area contributed by atoms with E-state index in [1.165, 1.54) is 0 Å². The number of aromatic nitrogens is 2. The van der Waals surface area contributed by atoms with Crippen LogP contribution in [0, 0.1) is 5.92 Å². The second-order valence-electron chi connectivity index (χ2n) is 5.38. The fourth-order valence-electron chi connectivity index (χ4n) is 2.34. The molecule has 0 aliphatic carbocycles. The standard InChI is InChI=1S/C15H23N3O2S/c1-4-12(3)11-21(19,20)16-10-15-17-13-8-6-7-9-14(13)18(15)5-2/h6-9,12,16H,4-5,10-11H2,1-3H3. The molecule has 0 aliphatic rings. The Morgan fingerprint density at radius 1 is 1.29 bits per heavy atom. The van der Waals surface area contributed by atoms with E-state index in [1.54, 1.807) is 0 Å². The number of hydrogen-bond acceptors (Lipinski definition) is 3. The third kappa shape index (κ3) is 3.83. The normalized spacial score (nSPS) is 13.7. The van der Waals surface area contributed by atoms with Crippen LogP contribution in [0.2, 0.25) is 0 Å². The molecule has 0 amide bonds. The van der Waals surface area contributed by atoms with Gasteiger partial charge in [0, 0.05) is 6.54 Å². The summed E-state index contributed by atoms with van der Waals surface area (Å²) in [5.74, 6) is 1.08. The van der Waals surface area contributed by atoms with Crippen LogP contribution in [0.15, 0.2) is 24.3 Å². The van der Waals surface area contributed by atoms with Crippen molar-refractivity contribution in [1.82, 2.24) is 14.3 Å². The monoisotopic (exact) mass is 309 g/mol. The minimum atomic E-state index is -3.26. The summed E-state index contributed by atoms with van der Waals surface area (Å²) in [6.07, 6.45) is 0.856. The summed E-state index contributed by atoms with van der Waals surface area (Å²) in [6, 6.07) is 7.85. The van der Waals surface area contributed by atoms with Gasteiger partial charge in [0.25, 0.3) is 0 Å². The Morgan fingerprint density at radius 3 is 2.67 bits per heavy atom. The average molecular weight is 309 g/mol. The molecular weight excluding hydrogens is 286 g/mol. The first-order valence-corrected chi connectivity index (χ1v) is 9.03. The predicted octanol–water partition coefficient (Wildman–Crippen LogP) is 2.52. The van der Waals surface area contributed by atoms with Crippen LogP contribution >= 0.6 is 0 Å². The molecular formula is C15H23N3O2S. The molecule has 1 aromatic carbocycles. The number of hydrogen-bond donors (Lipinski definition) is 1. The van der Waals surface area contributed by atoms with Crippen molar-refractivity contribution in [2.75, 3.05) is 5.75 Å². The molecule has 0 aliphatic heterocycles. The summed E-state index contributed by atoms with van der Waals surface area (Å²) in [4.78, 5) is 4.52. The lowest BCUT2D eigenvalue weighted by atomic mass is 10.2. The molecule has 0 spiro atoms. The Bertz CT molecular complexity index is 707. The molecule has 2 aromatic rings. The third-order valence-electron chi connectivity index (χ3n) is 3.70. The van der Waals surface area contributed by atoms with Crippen LogP contribution in [0.5, 0.6) is 0 Å². The summed E-state index contributed by atoms with van der Waals surface area (Å²) in [6.45, 7) is 6.98. The number of nitrogens with one attached hydrogen (secondary N) is 1. The average Bonchev–Trinajstić information content (AvgIpc) is 2.82. The van der Waals surface area contributed by atoms with Gasteiger partial charge in [0.15, 0.2) is 0 Å². The molecule has 21 heavy (non-hydrogen) atoms. The maximum Gasteiger partial charge on any atom is 0.212 e. The molecule has 1 atom stereocenters. The Morgan fingerprint density at radius 2 is 2.00 bits per heavy atom. The molecule has 116 valence electrons. The van der Waals surface area contributed by atoms with Gasteiger partial charge in [-0.3, -0.25) is 0 Å². The van der Waals surface area contributed by atoms with Gasteiger partial charge in [-0.1, -0.05) is 32.4 Å². The lowest BCUT2D eigenvalue weighted by Crippen LogP contribution is -2.29. The van der Waals surface area contributed by atoms with Gasteiger partial charge in [-0.15, -0.1) is 0 Å². The number of sulfonamides is 1. The van der Waals surface area contributed by atoms with Crippen LogP contribution in [-0.2, 0) is 23.1 Å². The van der Waals surface area contributed by atoms with Gasteiger partial charge in [-0.2, -0.15) is 0 Å². The topological polar surface area (TPSA) is 64.0 Å². The van der Waals surface area contributed by atoms with Gasteiger partial charge in [-0.25, -0.2) is 18.1 Å². The van der Waals surface area contributed by atoms with E-state index in [0.717, 1.165) is 29.8 Å². The number of benzene rings is 1. The Hall–Kier alpha value is -1.40. The van der Waals surface area contributed by atoms with E-state index in [9.17, 15) is 8.42 Å². The summed E-state index contributed by atoms with van der Waals surface area (Å²) < 4.78 is 28.8. The molecule has 1 N–H and O–H groups in total. The van der Waals surface area contributed by atoms with Crippen LogP contribution in [0.4, 0.5) is 0 Å². The van der Waals surface area contributed by atoms with Crippen molar-refractivity contribution in [3.63, 3.8) is 0 Å². The number of nitrogens with zero attached hydrogens (tertiary/aromatic N) is 2. The van der Waals surface area contributed by atoms with Gasteiger partial charge in [0.2, 0.25) is 10.0 Å². The number of fused-ring (bicyclic) bond motifs is 1. The molecule has 0 bridgehead atoms. The van der Waals surface area contributed by atoms with Crippen molar-refractivity contribution < 1.29 is 8.42 Å². The van der Waals surface area contributed by atoms with Crippen molar-refractivity contribution in [2.45, 2.75) is 40.3 Å². The molecule has 1 unspecified atom stereocenters. The zero-order chi connectivity index (χ0) is 15.5. The van der Waals surface area contributed by atoms with Crippen LogP contribution in [0.3, 0.4) is 0 Å². The summed E-state index contributed by atoms with van der Waals surface area (Å²) in [5.41, 5.74) is 1.94. The molecule has 5 nitrogen and oxygen atoms in total. The van der Waals surface area contributed by atoms with E-state index >= 15 is 0 Å². The van der Waals surface area contributed by atoms with Gasteiger partial charge in [0.05, 0.1) is 23.3 Å². The van der Waals surface area contributed by atoms with Crippen molar-refractivity contribution in [3.05, 3.63) is 30.1 Å². The highest BCUT2D eigenvalue weighted by Crippen LogP contribution is 2.16. The van der Waals surface area contributed by atoms with E-state index in [-0.39, 0.29) is 18.2 Å². The van der Waals surface area contributed by atoms with Gasteiger partial charge in [0.1, 0.15) is 5.82 Å². The predicted molar refractivity (Wildman–Crippen MR) is 85.5 cm³/mol. The first kappa shape index (κ1) is 16.0. The smallest absolute Gasteiger partial charge is 0.212 e. The lowest BCUT2D eigenvalue weighted by molar-refractivity contribution is 0.548. The van der Waals surface area contributed by atoms with E-state index in [0.29, 0.717) is 0 Å². The van der Waals surface area contributed by atoms with Crippen LogP contribution in [0.25, 0.3) is 11.0 Å². The van der Waals surface area contributed by atoms with Gasteiger partial charge < -0.3 is 4.57 Å². The minimum Gasteiger partial charge on any atom is -0.327 e. The molecule has 1 aromatic heterocycles. The quantitative estimate of drug-likeness (QED) is 0.855. The number of imidazole rings is 1. The maximum atomic E-state index is 12.0. The molecule has 0 saturated carbocycles. The molecule has 0 fully saturated rings. The zero-order valence-electron chi connectivity index (χ0n) is 12.8. The SMILES string of the molecule is CCC(C)CS(=O)(=O)NCc1nc2ccccc2n1CC. The molecule has 1 heterocycles. The maximum absolute atomic E-state index is 12.0. The number of aryl methyl sites for hydroxylation is 1. The Kier molecular flexibility index (Phi) is 5.00. The first-order chi connectivity index (χ1) is 9.96. The van der Waals surface area contributed by atoms with Crippen molar-refractivity contribution in [2.24, 2.45) is 5.92 Å². The van der Waals surface area contributed by atoms with Gasteiger partial charge >= 0.3 is 0 Å². The second kappa shape index (κ2) is 6.58. The molecule has 0 saturated heterocycles. The molecule has 2 rings (SSSR count). The van der Waals surface area contributed by atoms with Crippen LogP contribution < -0.4 is 4.72 Å². The van der Waals surface area contributed by atoms with E-state index < -0.39 is 10.0 Å². The minimum absolute atomic E-state index is 0.160. The molecule has 0 radical (unpaired) electrons. The Labute approximate surface area is 126 Å². The van der Waals surface area contributed by atoms with Crippen molar-refractivity contribution in [1.29, 1.82) is 0 Å². The highest BCUT2D eigenvalue weighted by Gasteiger charge is 2.16. The van der Waals surface area contributed by atoms with Crippen LogP contribution in [0.1, 0.15) is 33.0 Å². The highest BCUT2D eigenvalue weighted by molar-refractivity contribution is 7.89. The fraction of sp³-hybridized carbons (Fsp3) is 0.533. The third-order valence-corrected chi connectivity index (χ3v) is 5.29. The first-order valence-electron chi connectivity index (χ1n) is 7.38. The Balaban J connectivity index is 2.17. The van der Waals surface area contributed by atoms with Crippen molar-refractivity contribution >= 4 is 21.1 Å². The molecule has 6 heteroatoms. The van der Waals surface area contributed by atoms with E-state index in [1.807, 2.05) is 49.6 Å². The lowest BCUT2D eigenvalue weighted by Gasteiger charge is -2.11. The zero-order valence-corrected chi connectivity index (χ0v) is 13.7. The van der Waals surface area contributed by atoms with Crippen LogP contribution in [-0.4, -0.2) is 23.7 Å². The fourth-order valence-corrected chi connectivity index (χ4v) is 3.79. The van der Waals surface area contributed by atoms with Crippen molar-refractivity contribution in [3.8, 4) is 0 Å². The largest absolute Gasteiger partial charge is 0.327 e.